The Hall–Kier alpha value is -3.77. The van der Waals surface area contributed by atoms with Crippen LogP contribution in [-0.2, 0) is 63.6 Å². The standard InChI is InChI=1S/C49H75N5O15/c1-28-15-16-38(55)29(2)22-34-17-20-62-26-35(51-66-19-12-18-54-37-14-11-10-13-36(37)50-52-54)27-63-39(30(3)45(34)69-48-44(59)41(53(6)7)42(57)31(4)67-48)23-40(56)64-24-33(21-28)25-65-49-47(61-9)46(60-8)43(58)32(5)68-49/h10-11,13-16,21,29-34,39,41-49,57-59H,12,17-20,22-27H2,1-9H3/b16-15+,28-21+,51-35+/t29-,30+,31-,32-,33+,34?,39-,41+,42-,43-,44-,45-,46-,47-,48+,49-/m1/s1. The summed E-state index contributed by atoms with van der Waals surface area (Å²) in [6, 6.07) is 7.02. The highest BCUT2D eigenvalue weighted by Crippen LogP contribution is 2.36. The molecule has 5 heterocycles. The van der Waals surface area contributed by atoms with Gasteiger partial charge in [0.05, 0.1) is 74.9 Å². The maximum absolute atomic E-state index is 14.1. The first-order chi connectivity index (χ1) is 33.1. The van der Waals surface area contributed by atoms with Crippen molar-refractivity contribution in [1.29, 1.82) is 0 Å². The fourth-order valence-corrected chi connectivity index (χ4v) is 9.60. The number of aliphatic hydroxyl groups excluding tert-OH is 3. The number of ether oxygens (including phenoxy) is 9. The Balaban J connectivity index is 1.26. The molecule has 0 radical (unpaired) electrons. The molecule has 20 heteroatoms. The van der Waals surface area contributed by atoms with E-state index in [1.165, 1.54) is 14.2 Å². The SMILES string of the molecule is CO[C@@H]1[C@H](O)[C@@H](C)O[C@@H](OC[C@H]2/C=C(C)/C=C/C(=O)[C@H](C)CC3CCOC/C(=N\OCCCn4nnc5ccccc54)CO[C@H](CC(=O)OC2)[C@H](C)[C@H]3O[C@@H]2O[C@H](C)[C@@H](O)[C@H](N(C)C)[C@H]2O)[C@@H]1OC. The number of para-hydroxylation sites is 1. The van der Waals surface area contributed by atoms with Crippen molar-refractivity contribution in [3.8, 4) is 0 Å². The van der Waals surface area contributed by atoms with Gasteiger partial charge in [-0.25, -0.2) is 4.68 Å². The van der Waals surface area contributed by atoms with Gasteiger partial charge in [0.1, 0.15) is 42.3 Å². The van der Waals surface area contributed by atoms with Crippen LogP contribution in [0.4, 0.5) is 0 Å². The summed E-state index contributed by atoms with van der Waals surface area (Å²) in [5.41, 5.74) is 2.93. The van der Waals surface area contributed by atoms with Crippen molar-refractivity contribution in [2.75, 3.05) is 68.0 Å². The Kier molecular flexibility index (Phi) is 20.6. The average Bonchev–Trinajstić information content (AvgIpc) is 3.73. The van der Waals surface area contributed by atoms with Crippen LogP contribution in [0.15, 0.2) is 53.2 Å². The van der Waals surface area contributed by atoms with Gasteiger partial charge in [-0.1, -0.05) is 54.1 Å². The van der Waals surface area contributed by atoms with Crippen LogP contribution in [0.2, 0.25) is 0 Å². The number of ketones is 1. The van der Waals surface area contributed by atoms with Crippen molar-refractivity contribution in [1.82, 2.24) is 19.9 Å². The number of carbonyl (C=O) groups is 2. The molecule has 0 aliphatic carbocycles. The van der Waals surface area contributed by atoms with Crippen LogP contribution >= 0.6 is 0 Å². The topological polar surface area (TPSA) is 233 Å². The van der Waals surface area contributed by atoms with Crippen molar-refractivity contribution in [3.05, 3.63) is 48.1 Å². The predicted molar refractivity (Wildman–Crippen MR) is 251 cm³/mol. The van der Waals surface area contributed by atoms with Crippen LogP contribution in [0.25, 0.3) is 11.0 Å². The number of hydrogen-bond acceptors (Lipinski definition) is 19. The molecule has 1 aromatic carbocycles. The summed E-state index contributed by atoms with van der Waals surface area (Å²) in [6.07, 6.45) is -3.30. The van der Waals surface area contributed by atoms with Gasteiger partial charge in [-0.3, -0.25) is 9.59 Å². The third-order valence-corrected chi connectivity index (χ3v) is 13.6. The van der Waals surface area contributed by atoms with Crippen molar-refractivity contribution in [2.24, 2.45) is 28.8 Å². The lowest BCUT2D eigenvalue weighted by Gasteiger charge is -2.47. The molecule has 69 heavy (non-hydrogen) atoms. The number of rotatable bonds is 13. The number of methoxy groups -OCH3 is 2. The lowest BCUT2D eigenvalue weighted by molar-refractivity contribution is -0.305. The number of fused-ring (bicyclic) bond motifs is 4. The monoisotopic (exact) mass is 974 g/mol. The lowest BCUT2D eigenvalue weighted by atomic mass is 9.79. The van der Waals surface area contributed by atoms with E-state index in [0.29, 0.717) is 31.5 Å². The van der Waals surface area contributed by atoms with Crippen molar-refractivity contribution < 1.29 is 72.4 Å². The molecule has 3 saturated heterocycles. The molecule has 6 rings (SSSR count). The highest BCUT2D eigenvalue weighted by atomic mass is 16.7. The first-order valence-electron chi connectivity index (χ1n) is 24.1. The van der Waals surface area contributed by atoms with E-state index in [-0.39, 0.29) is 57.8 Å². The molecule has 1 unspecified atom stereocenters. The first-order valence-corrected chi connectivity index (χ1v) is 24.1. The number of aliphatic hydroxyl groups is 3. The highest BCUT2D eigenvalue weighted by Gasteiger charge is 2.48. The van der Waals surface area contributed by atoms with Crippen LogP contribution in [0, 0.1) is 23.7 Å². The number of aryl methyl sites for hydroxylation is 1. The fraction of sp³-hybridized carbons (Fsp3) is 0.735. The van der Waals surface area contributed by atoms with E-state index in [0.717, 1.165) is 16.6 Å². The molecule has 0 amide bonds. The number of esters is 1. The molecule has 1 aromatic heterocycles. The zero-order valence-corrected chi connectivity index (χ0v) is 41.5. The van der Waals surface area contributed by atoms with Gasteiger partial charge in [0.25, 0.3) is 0 Å². The zero-order chi connectivity index (χ0) is 49.8. The predicted octanol–water partition coefficient (Wildman–Crippen LogP) is 2.85. The number of hydrogen-bond donors (Lipinski definition) is 3. The first kappa shape index (κ1) is 54.6. The highest BCUT2D eigenvalue weighted by molar-refractivity contribution is 5.91. The molecule has 3 N–H and O–H groups in total. The van der Waals surface area contributed by atoms with Gasteiger partial charge in [0.2, 0.25) is 0 Å². The smallest absolute Gasteiger partial charge is 0.308 e. The number of nitrogens with zero attached hydrogens (tertiary/aromatic N) is 5. The van der Waals surface area contributed by atoms with Gasteiger partial charge >= 0.3 is 5.97 Å². The Morgan fingerprint density at radius 2 is 1.65 bits per heavy atom. The third kappa shape index (κ3) is 14.4. The van der Waals surface area contributed by atoms with Crippen LogP contribution < -0.4 is 0 Å². The summed E-state index contributed by atoms with van der Waals surface area (Å²) < 4.78 is 57.2. The van der Waals surface area contributed by atoms with E-state index in [1.807, 2.05) is 55.8 Å². The quantitative estimate of drug-likeness (QED) is 0.149. The van der Waals surface area contributed by atoms with Crippen molar-refractivity contribution >= 4 is 28.5 Å². The van der Waals surface area contributed by atoms with E-state index >= 15 is 0 Å². The minimum Gasteiger partial charge on any atom is -0.465 e. The van der Waals surface area contributed by atoms with Gasteiger partial charge in [0, 0.05) is 51.5 Å². The maximum Gasteiger partial charge on any atom is 0.308 e. The van der Waals surface area contributed by atoms with E-state index in [2.05, 4.69) is 15.5 Å². The normalized spacial score (nSPS) is 37.8. The number of carbonyl (C=O) groups excluding carboxylic acids is 2. The number of cyclic esters (lactones) is 1. The molecule has 386 valence electrons. The largest absolute Gasteiger partial charge is 0.465 e. The summed E-state index contributed by atoms with van der Waals surface area (Å²) >= 11 is 0. The molecule has 4 aliphatic rings. The van der Waals surface area contributed by atoms with Crippen molar-refractivity contribution in [3.63, 3.8) is 0 Å². The molecule has 16 atom stereocenters. The fourth-order valence-electron chi connectivity index (χ4n) is 9.60. The minimum atomic E-state index is -1.25. The van der Waals surface area contributed by atoms with E-state index in [9.17, 15) is 24.9 Å². The number of likely N-dealkylation sites (N-methyl/N-ethyl adjacent to an activating group) is 1. The summed E-state index contributed by atoms with van der Waals surface area (Å²) in [5, 5.41) is 46.4. The van der Waals surface area contributed by atoms with Crippen LogP contribution in [0.5, 0.6) is 0 Å². The second-order valence-corrected chi connectivity index (χ2v) is 19.1. The average molecular weight is 974 g/mol. The molecular formula is C49H75N5O15. The summed E-state index contributed by atoms with van der Waals surface area (Å²) in [4.78, 5) is 35.6. The summed E-state index contributed by atoms with van der Waals surface area (Å²) in [7, 11) is 6.50. The molecule has 4 aliphatic heterocycles. The molecule has 0 saturated carbocycles. The van der Waals surface area contributed by atoms with Gasteiger partial charge < -0.3 is 67.7 Å². The van der Waals surface area contributed by atoms with Gasteiger partial charge in [-0.15, -0.1) is 5.10 Å². The van der Waals surface area contributed by atoms with Crippen LogP contribution in [0.1, 0.15) is 60.3 Å². The Labute approximate surface area is 405 Å². The molecule has 0 spiro atoms. The van der Waals surface area contributed by atoms with E-state index in [4.69, 9.17) is 47.5 Å². The maximum atomic E-state index is 14.1. The van der Waals surface area contributed by atoms with Crippen molar-refractivity contribution in [2.45, 2.75) is 140 Å². The van der Waals surface area contributed by atoms with E-state index < -0.39 is 97.3 Å². The van der Waals surface area contributed by atoms with Crippen LogP contribution in [-0.4, -0.2) is 194 Å². The number of aromatic nitrogens is 3. The Morgan fingerprint density at radius 1 is 0.913 bits per heavy atom. The lowest BCUT2D eigenvalue weighted by Crippen LogP contribution is -2.63. The van der Waals surface area contributed by atoms with Gasteiger partial charge in [-0.05, 0) is 71.8 Å². The molecule has 3 fully saturated rings. The van der Waals surface area contributed by atoms with Gasteiger partial charge in [0.15, 0.2) is 18.4 Å². The van der Waals surface area contributed by atoms with Crippen LogP contribution in [0.3, 0.4) is 0 Å². The van der Waals surface area contributed by atoms with Gasteiger partial charge in [-0.2, -0.15) is 0 Å². The number of benzene rings is 1. The zero-order valence-electron chi connectivity index (χ0n) is 41.5. The molecule has 2 aromatic rings. The third-order valence-electron chi connectivity index (χ3n) is 13.6. The second kappa shape index (κ2) is 26.1. The summed E-state index contributed by atoms with van der Waals surface area (Å²) in [5.74, 6) is -2.57. The number of oxime groups is 1. The molecular weight excluding hydrogens is 899 g/mol. The Morgan fingerprint density at radius 3 is 2.41 bits per heavy atom. The molecule has 2 bridgehead atoms. The number of allylic oxidation sites excluding steroid dienone is 3. The summed E-state index contributed by atoms with van der Waals surface area (Å²) in [6.45, 7) is 10.1. The second-order valence-electron chi connectivity index (χ2n) is 19.1. The molecule has 20 nitrogen and oxygen atoms in total. The van der Waals surface area contributed by atoms with E-state index in [1.54, 1.807) is 45.0 Å². The Bertz CT molecular complexity index is 2030. The minimum absolute atomic E-state index is 0.0283.